The molecule has 0 bridgehead atoms. The molecule has 0 amide bonds. The van der Waals surface area contributed by atoms with E-state index in [1.807, 2.05) is 13.8 Å². The second kappa shape index (κ2) is 7.32. The highest BCUT2D eigenvalue weighted by Gasteiger charge is 2.16. The fraction of sp³-hybridized carbons (Fsp3) is 0.455. The molecule has 1 aromatic rings. The van der Waals surface area contributed by atoms with E-state index in [2.05, 4.69) is 4.98 Å². The molecule has 94 valence electrons. The lowest BCUT2D eigenvalue weighted by molar-refractivity contribution is -0.385. The number of esters is 1. The quantitative estimate of drug-likeness (QED) is 0.460. The number of nitrogens with zero attached hydrogens (tertiary/aromatic N) is 2. The first kappa shape index (κ1) is 15.0. The van der Waals surface area contributed by atoms with E-state index in [1.165, 1.54) is 6.07 Å². The molecule has 6 heteroatoms. The first-order valence-corrected chi connectivity index (χ1v) is 5.34. The number of pyridine rings is 1. The second-order valence-electron chi connectivity index (χ2n) is 2.80. The van der Waals surface area contributed by atoms with Gasteiger partial charge < -0.3 is 4.74 Å². The molecule has 0 aromatic carbocycles. The molecule has 1 rings (SSSR count). The monoisotopic (exact) mass is 240 g/mol. The molecule has 17 heavy (non-hydrogen) atoms. The smallest absolute Gasteiger partial charge is 0.340 e. The molecule has 0 saturated heterocycles. The van der Waals surface area contributed by atoms with Gasteiger partial charge in [-0.25, -0.2) is 4.79 Å². The first-order valence-electron chi connectivity index (χ1n) is 5.34. The summed E-state index contributed by atoms with van der Waals surface area (Å²) < 4.78 is 4.74. The maximum Gasteiger partial charge on any atom is 0.340 e. The zero-order valence-corrected chi connectivity index (χ0v) is 10.4. The summed E-state index contributed by atoms with van der Waals surface area (Å²) in [7, 11) is 0. The van der Waals surface area contributed by atoms with Crippen LogP contribution < -0.4 is 0 Å². The lowest BCUT2D eigenvalue weighted by atomic mass is 10.2. The van der Waals surface area contributed by atoms with Gasteiger partial charge in [-0.2, -0.15) is 0 Å². The predicted molar refractivity (Wildman–Crippen MR) is 62.9 cm³/mol. The number of aryl methyl sites for hydroxylation is 1. The van der Waals surface area contributed by atoms with Crippen molar-refractivity contribution in [3.63, 3.8) is 0 Å². The standard InChI is InChI=1S/C9H10N2O4.C2H6/c1-3-15-9(12)8-4-7(11(13)14)5-10-6(8)2;1-2/h4-5H,3H2,1-2H3;1-2H3. The Kier molecular flexibility index (Phi) is 6.47. The molecular weight excluding hydrogens is 224 g/mol. The number of rotatable bonds is 3. The van der Waals surface area contributed by atoms with Crippen LogP contribution in [-0.2, 0) is 4.74 Å². The summed E-state index contributed by atoms with van der Waals surface area (Å²) >= 11 is 0. The van der Waals surface area contributed by atoms with Crippen LogP contribution in [0.3, 0.4) is 0 Å². The number of carbonyl (C=O) groups excluding carboxylic acids is 1. The summed E-state index contributed by atoms with van der Waals surface area (Å²) in [5, 5.41) is 10.5. The van der Waals surface area contributed by atoms with Gasteiger partial charge in [0.05, 0.1) is 22.8 Å². The van der Waals surface area contributed by atoms with Crippen molar-refractivity contribution in [2.45, 2.75) is 27.7 Å². The van der Waals surface area contributed by atoms with Gasteiger partial charge in [0.1, 0.15) is 6.20 Å². The maximum absolute atomic E-state index is 11.4. The van der Waals surface area contributed by atoms with Crippen LogP contribution in [0.15, 0.2) is 12.3 Å². The van der Waals surface area contributed by atoms with Crippen LogP contribution in [0.25, 0.3) is 0 Å². The minimum Gasteiger partial charge on any atom is -0.462 e. The van der Waals surface area contributed by atoms with Crippen molar-refractivity contribution in [2.24, 2.45) is 0 Å². The van der Waals surface area contributed by atoms with Crippen LogP contribution in [-0.4, -0.2) is 22.5 Å². The fourth-order valence-electron chi connectivity index (χ4n) is 1.04. The van der Waals surface area contributed by atoms with Crippen molar-refractivity contribution in [2.75, 3.05) is 6.61 Å². The lowest BCUT2D eigenvalue weighted by Gasteiger charge is -2.03. The average Bonchev–Trinajstić information content (AvgIpc) is 2.32. The third kappa shape index (κ3) is 4.18. The van der Waals surface area contributed by atoms with E-state index in [9.17, 15) is 14.9 Å². The van der Waals surface area contributed by atoms with Crippen LogP contribution in [0.1, 0.15) is 36.8 Å². The second-order valence-corrected chi connectivity index (χ2v) is 2.80. The van der Waals surface area contributed by atoms with E-state index in [0.717, 1.165) is 6.20 Å². The van der Waals surface area contributed by atoms with Crippen LogP contribution in [0, 0.1) is 17.0 Å². The van der Waals surface area contributed by atoms with Gasteiger partial charge in [-0.3, -0.25) is 15.1 Å². The fourth-order valence-corrected chi connectivity index (χ4v) is 1.04. The van der Waals surface area contributed by atoms with E-state index < -0.39 is 10.9 Å². The molecule has 0 spiro atoms. The van der Waals surface area contributed by atoms with Gasteiger partial charge in [0.25, 0.3) is 5.69 Å². The molecule has 0 aliphatic carbocycles. The van der Waals surface area contributed by atoms with Crippen molar-refractivity contribution in [3.8, 4) is 0 Å². The SMILES string of the molecule is CC.CCOC(=O)c1cc([N+](=O)[O-])cnc1C. The van der Waals surface area contributed by atoms with Crippen LogP contribution in [0.4, 0.5) is 5.69 Å². The van der Waals surface area contributed by atoms with Crippen molar-refractivity contribution < 1.29 is 14.5 Å². The number of ether oxygens (including phenoxy) is 1. The molecule has 0 fully saturated rings. The Balaban J connectivity index is 0.00000121. The number of hydrogen-bond donors (Lipinski definition) is 0. The van der Waals surface area contributed by atoms with E-state index >= 15 is 0 Å². The Morgan fingerprint density at radius 3 is 2.59 bits per heavy atom. The third-order valence-corrected chi connectivity index (χ3v) is 1.78. The van der Waals surface area contributed by atoms with Crippen LogP contribution in [0.2, 0.25) is 0 Å². The summed E-state index contributed by atoms with van der Waals surface area (Å²) in [6, 6.07) is 1.17. The molecule has 1 heterocycles. The van der Waals surface area contributed by atoms with Gasteiger partial charge in [0, 0.05) is 6.07 Å². The van der Waals surface area contributed by atoms with Crippen molar-refractivity contribution in [3.05, 3.63) is 33.6 Å². The highest BCUT2D eigenvalue weighted by Crippen LogP contribution is 2.15. The molecule has 6 nitrogen and oxygen atoms in total. The number of hydrogen-bond acceptors (Lipinski definition) is 5. The Morgan fingerprint density at radius 1 is 1.53 bits per heavy atom. The highest BCUT2D eigenvalue weighted by molar-refractivity contribution is 5.91. The lowest BCUT2D eigenvalue weighted by Crippen LogP contribution is -2.08. The topological polar surface area (TPSA) is 82.3 Å². The number of carbonyl (C=O) groups is 1. The van der Waals surface area contributed by atoms with E-state index in [1.54, 1.807) is 13.8 Å². The zero-order valence-electron chi connectivity index (χ0n) is 10.4. The third-order valence-electron chi connectivity index (χ3n) is 1.78. The zero-order chi connectivity index (χ0) is 13.4. The van der Waals surface area contributed by atoms with Gasteiger partial charge in [-0.15, -0.1) is 0 Å². The van der Waals surface area contributed by atoms with Gasteiger partial charge in [-0.1, -0.05) is 13.8 Å². The Morgan fingerprint density at radius 2 is 2.12 bits per heavy atom. The van der Waals surface area contributed by atoms with Crippen molar-refractivity contribution in [1.29, 1.82) is 0 Å². The maximum atomic E-state index is 11.4. The highest BCUT2D eigenvalue weighted by atomic mass is 16.6. The van der Waals surface area contributed by atoms with Gasteiger partial charge >= 0.3 is 5.97 Å². The first-order chi connectivity index (χ1) is 8.06. The van der Waals surface area contributed by atoms with Gasteiger partial charge in [0.15, 0.2) is 0 Å². The number of aromatic nitrogens is 1. The Labute approximate surface area is 99.8 Å². The minimum absolute atomic E-state index is 0.131. The molecule has 0 unspecified atom stereocenters. The normalized spacial score (nSPS) is 8.94. The Hall–Kier alpha value is -1.98. The summed E-state index contributed by atoms with van der Waals surface area (Å²) in [5.74, 6) is -0.591. The van der Waals surface area contributed by atoms with Crippen LogP contribution in [0.5, 0.6) is 0 Å². The molecule has 0 aliphatic heterocycles. The molecule has 0 N–H and O–H groups in total. The van der Waals surface area contributed by atoms with E-state index in [-0.39, 0.29) is 17.9 Å². The molecule has 0 atom stereocenters. The largest absolute Gasteiger partial charge is 0.462 e. The number of nitro groups is 1. The van der Waals surface area contributed by atoms with Gasteiger partial charge in [0.2, 0.25) is 0 Å². The van der Waals surface area contributed by atoms with Crippen molar-refractivity contribution in [1.82, 2.24) is 4.98 Å². The van der Waals surface area contributed by atoms with Crippen LogP contribution >= 0.6 is 0 Å². The summed E-state index contributed by atoms with van der Waals surface area (Å²) in [6.07, 6.45) is 1.11. The average molecular weight is 240 g/mol. The molecule has 1 aromatic heterocycles. The predicted octanol–water partition coefficient (Wildman–Crippen LogP) is 2.50. The van der Waals surface area contributed by atoms with E-state index in [0.29, 0.717) is 5.69 Å². The molecule has 0 aliphatic rings. The summed E-state index contributed by atoms with van der Waals surface area (Å²) in [4.78, 5) is 25.0. The van der Waals surface area contributed by atoms with Crippen molar-refractivity contribution >= 4 is 11.7 Å². The Bertz CT molecular complexity index is 404. The van der Waals surface area contributed by atoms with E-state index in [4.69, 9.17) is 4.74 Å². The molecule has 0 saturated carbocycles. The summed E-state index contributed by atoms with van der Waals surface area (Å²) in [6.45, 7) is 7.48. The molecular formula is C11H16N2O4. The minimum atomic E-state index is -0.602. The van der Waals surface area contributed by atoms with Gasteiger partial charge in [-0.05, 0) is 13.8 Å². The summed E-state index contributed by atoms with van der Waals surface area (Å²) in [5.41, 5.74) is 0.328. The molecule has 0 radical (unpaired) electrons.